The summed E-state index contributed by atoms with van der Waals surface area (Å²) in [6, 6.07) is 40.9. The minimum Gasteiger partial charge on any atom is -0.436 e. The van der Waals surface area contributed by atoms with Gasteiger partial charge in [0.25, 0.3) is 0 Å². The average Bonchev–Trinajstić information content (AvgIpc) is 3.67. The Morgan fingerprint density at radius 3 is 1.83 bits per heavy atom. The van der Waals surface area contributed by atoms with Crippen molar-refractivity contribution >= 4 is 60.1 Å². The number of aromatic nitrogens is 4. The van der Waals surface area contributed by atoms with E-state index in [-0.39, 0.29) is 0 Å². The highest BCUT2D eigenvalue weighted by Crippen LogP contribution is 2.35. The van der Waals surface area contributed by atoms with Crippen molar-refractivity contribution in [3.63, 3.8) is 0 Å². The zero-order valence-electron chi connectivity index (χ0n) is 30.5. The van der Waals surface area contributed by atoms with Gasteiger partial charge >= 0.3 is 0 Å². The maximum Gasteiger partial charge on any atom is 0.227 e. The van der Waals surface area contributed by atoms with Crippen molar-refractivity contribution in [1.29, 1.82) is 0 Å². The van der Waals surface area contributed by atoms with Crippen LogP contribution in [0.1, 0.15) is 23.6 Å². The van der Waals surface area contributed by atoms with Gasteiger partial charge in [0.2, 0.25) is 5.89 Å². The van der Waals surface area contributed by atoms with Crippen LogP contribution in [0.5, 0.6) is 0 Å². The van der Waals surface area contributed by atoms with Crippen molar-refractivity contribution in [2.45, 2.75) is 20.6 Å². The number of nitrogens with zero attached hydrogens (tertiary/aromatic N) is 4. The lowest BCUT2D eigenvalue weighted by Crippen LogP contribution is -2.20. The first-order valence-corrected chi connectivity index (χ1v) is 18.1. The van der Waals surface area contributed by atoms with Crippen molar-refractivity contribution in [2.24, 2.45) is 0 Å². The van der Waals surface area contributed by atoms with Gasteiger partial charge in [-0.05, 0) is 81.9 Å². The average molecular weight is 694 g/mol. The molecule has 2 aromatic heterocycles. The van der Waals surface area contributed by atoms with Crippen LogP contribution in [0.2, 0.25) is 13.6 Å². The second kappa shape index (κ2) is 15.2. The molecule has 0 aliphatic carbocycles. The lowest BCUT2D eigenvalue weighted by Gasteiger charge is -2.18. The number of oxazole rings is 1. The minimum absolute atomic E-state index is 0.545. The molecule has 0 atom stereocenters. The molecule has 0 amide bonds. The summed E-state index contributed by atoms with van der Waals surface area (Å²) in [5.41, 5.74) is 11.8. The molecule has 8 aromatic rings. The summed E-state index contributed by atoms with van der Waals surface area (Å²) in [6.07, 6.45) is 8.44. The molecule has 0 fully saturated rings. The molecular weight excluding hydrogens is 658 g/mol. The third-order valence-electron chi connectivity index (χ3n) is 9.54. The lowest BCUT2D eigenvalue weighted by atomic mass is 9.65. The van der Waals surface area contributed by atoms with Crippen LogP contribution in [-0.2, 0) is 0 Å². The second-order valence-corrected chi connectivity index (χ2v) is 12.9. The Labute approximate surface area is 317 Å². The predicted octanol–water partition coefficient (Wildman–Crippen LogP) is 11.3. The summed E-state index contributed by atoms with van der Waals surface area (Å²) in [4.78, 5) is 19.6. The molecule has 5 nitrogen and oxygen atoms in total. The summed E-state index contributed by atoms with van der Waals surface area (Å²) in [5, 5.41) is 2.34. The Morgan fingerprint density at radius 1 is 0.556 bits per heavy atom. The molecule has 0 bridgehead atoms. The molecule has 0 aliphatic rings. The Hall–Kier alpha value is -6.59. The first kappa shape index (κ1) is 34.5. The fourth-order valence-electron chi connectivity index (χ4n) is 6.97. The quantitative estimate of drug-likeness (QED) is 0.133. The van der Waals surface area contributed by atoms with Gasteiger partial charge in [-0.3, -0.25) is 0 Å². The smallest absolute Gasteiger partial charge is 0.227 e. The first-order chi connectivity index (χ1) is 26.6. The van der Waals surface area contributed by atoms with Gasteiger partial charge in [-0.2, -0.15) is 0 Å². The summed E-state index contributed by atoms with van der Waals surface area (Å²) < 4.78 is 6.35. The van der Waals surface area contributed by atoms with Gasteiger partial charge in [-0.25, -0.2) is 19.9 Å². The maximum atomic E-state index is 6.35. The molecular formula is C47H36B2N4O. The van der Waals surface area contributed by atoms with Gasteiger partial charge in [-0.15, -0.1) is 5.98 Å². The normalized spacial score (nSPS) is 11.5. The Bertz CT molecular complexity index is 2660. The standard InChI is InChI=1S/C47H36B2N4O/c1-5-14-38-37-23-21-33(28-40(37)36(6-2)39(25-26-48-3)43(38)49-4)32-19-13-20-35(27-32)47-50-41-29-34(22-24-42(41)54-47)46-52-44(30-15-9-7-10-16-30)51-45(53-46)31-17-11-8-12-18-31/h5-29H,2H2,1,3-4H3/b14-5-,26-25-. The van der Waals surface area contributed by atoms with E-state index in [4.69, 9.17) is 24.4 Å². The molecule has 2 heterocycles. The fourth-order valence-corrected chi connectivity index (χ4v) is 6.97. The molecule has 0 unspecified atom stereocenters. The number of rotatable bonds is 10. The van der Waals surface area contributed by atoms with Crippen molar-refractivity contribution < 1.29 is 4.42 Å². The van der Waals surface area contributed by atoms with Crippen LogP contribution in [0.3, 0.4) is 0 Å². The van der Waals surface area contributed by atoms with Gasteiger partial charge in [0, 0.05) is 22.3 Å². The van der Waals surface area contributed by atoms with Crippen LogP contribution in [-0.4, -0.2) is 34.5 Å². The van der Waals surface area contributed by atoms with Gasteiger partial charge in [-0.1, -0.05) is 135 Å². The fraction of sp³-hybridized carbons (Fsp3) is 0.0638. The molecule has 7 heteroatoms. The Kier molecular flexibility index (Phi) is 9.69. The SMILES string of the molecule is C=Cc1c(/C=C\[B]C)c([B]C)c(/C=C\C)c2ccc(-c3cccc(-c4nc5cc(-c6nc(-c7ccccc7)nc(-c7ccccc7)n6)ccc5o4)c3)cc12. The summed E-state index contributed by atoms with van der Waals surface area (Å²) in [6.45, 7) is 10.4. The van der Waals surface area contributed by atoms with Crippen molar-refractivity contribution in [3.8, 4) is 56.7 Å². The zero-order valence-corrected chi connectivity index (χ0v) is 30.5. The van der Waals surface area contributed by atoms with Crippen LogP contribution < -0.4 is 5.46 Å². The molecule has 2 radical (unpaired) electrons. The van der Waals surface area contributed by atoms with Crippen LogP contribution >= 0.6 is 0 Å². The third-order valence-corrected chi connectivity index (χ3v) is 9.54. The van der Waals surface area contributed by atoms with E-state index < -0.39 is 0 Å². The van der Waals surface area contributed by atoms with Crippen LogP contribution in [0, 0.1) is 0 Å². The third kappa shape index (κ3) is 6.61. The molecule has 8 rings (SSSR count). The molecule has 0 aliphatic heterocycles. The van der Waals surface area contributed by atoms with Crippen molar-refractivity contribution in [2.75, 3.05) is 0 Å². The number of hydrogen-bond acceptors (Lipinski definition) is 5. The molecule has 0 saturated heterocycles. The van der Waals surface area contributed by atoms with Gasteiger partial charge in [0.1, 0.15) is 20.1 Å². The van der Waals surface area contributed by atoms with Gasteiger partial charge in [0.15, 0.2) is 23.1 Å². The number of allylic oxidation sites excluding steroid dienone is 1. The molecule has 0 N–H and O–H groups in total. The molecule has 54 heavy (non-hydrogen) atoms. The monoisotopic (exact) mass is 694 g/mol. The van der Waals surface area contributed by atoms with Gasteiger partial charge in [0.05, 0.1) is 0 Å². The summed E-state index contributed by atoms with van der Waals surface area (Å²) in [7, 11) is 4.24. The van der Waals surface area contributed by atoms with Crippen LogP contribution in [0.25, 0.3) is 96.8 Å². The Morgan fingerprint density at radius 2 is 1.19 bits per heavy atom. The zero-order chi connectivity index (χ0) is 37.0. The van der Waals surface area contributed by atoms with Crippen LogP contribution in [0.15, 0.2) is 144 Å². The van der Waals surface area contributed by atoms with Gasteiger partial charge < -0.3 is 4.42 Å². The molecule has 0 saturated carbocycles. The topological polar surface area (TPSA) is 64.7 Å². The molecule has 6 aromatic carbocycles. The van der Waals surface area contributed by atoms with E-state index in [2.05, 4.69) is 95.5 Å². The highest BCUT2D eigenvalue weighted by molar-refractivity contribution is 6.55. The summed E-state index contributed by atoms with van der Waals surface area (Å²) in [5.74, 6) is 4.43. The molecule has 256 valence electrons. The minimum atomic E-state index is 0.545. The van der Waals surface area contributed by atoms with Crippen LogP contribution in [0.4, 0.5) is 0 Å². The maximum absolute atomic E-state index is 6.35. The van der Waals surface area contributed by atoms with E-state index in [1.165, 1.54) is 16.4 Å². The Balaban J connectivity index is 1.19. The van der Waals surface area contributed by atoms with Crippen molar-refractivity contribution in [3.05, 3.63) is 157 Å². The lowest BCUT2D eigenvalue weighted by molar-refractivity contribution is 0.620. The highest BCUT2D eigenvalue weighted by atomic mass is 16.3. The van der Waals surface area contributed by atoms with E-state index in [1.807, 2.05) is 97.8 Å². The number of fused-ring (bicyclic) bond motifs is 2. The number of benzene rings is 6. The number of hydrogen-bond donors (Lipinski definition) is 0. The highest BCUT2D eigenvalue weighted by Gasteiger charge is 2.17. The van der Waals surface area contributed by atoms with Crippen molar-refractivity contribution in [1.82, 2.24) is 19.9 Å². The largest absolute Gasteiger partial charge is 0.436 e. The molecule has 0 spiro atoms. The van der Waals surface area contributed by atoms with E-state index >= 15 is 0 Å². The summed E-state index contributed by atoms with van der Waals surface area (Å²) >= 11 is 0. The van der Waals surface area contributed by atoms with E-state index in [0.29, 0.717) is 28.9 Å². The van der Waals surface area contributed by atoms with E-state index in [1.54, 1.807) is 0 Å². The van der Waals surface area contributed by atoms with E-state index in [9.17, 15) is 0 Å². The first-order valence-electron chi connectivity index (χ1n) is 18.1. The predicted molar refractivity (Wildman–Crippen MR) is 229 cm³/mol. The second-order valence-electron chi connectivity index (χ2n) is 12.9. The van der Waals surface area contributed by atoms with E-state index in [0.717, 1.165) is 55.4 Å².